The second-order valence-electron chi connectivity index (χ2n) is 5.95. The number of rotatable bonds is 7. The molecule has 0 atom stereocenters. The fourth-order valence-electron chi connectivity index (χ4n) is 2.42. The number of likely N-dealkylation sites (N-methyl/N-ethyl adjacent to an activating group) is 1. The molecule has 0 saturated carbocycles. The SMILES string of the molecule is CSc1cccc2sc(N(CCN(C)C)C(=O)C=Cc3cccs3)nc12. The molecule has 0 N–H and O–H groups in total. The summed E-state index contributed by atoms with van der Waals surface area (Å²) >= 11 is 4.87. The van der Waals surface area contributed by atoms with E-state index < -0.39 is 0 Å². The molecule has 3 rings (SSSR count). The van der Waals surface area contributed by atoms with Crippen molar-refractivity contribution in [1.29, 1.82) is 0 Å². The van der Waals surface area contributed by atoms with E-state index in [2.05, 4.69) is 17.0 Å². The predicted octanol–water partition coefficient (Wildman–Crippen LogP) is 4.69. The molecule has 4 nitrogen and oxygen atoms in total. The molecular formula is C19H21N3OS3. The third-order valence-electron chi connectivity index (χ3n) is 3.79. The first-order chi connectivity index (χ1) is 12.6. The van der Waals surface area contributed by atoms with Crippen LogP contribution in [0, 0.1) is 0 Å². The van der Waals surface area contributed by atoms with Gasteiger partial charge in [-0.3, -0.25) is 9.69 Å². The van der Waals surface area contributed by atoms with Crippen LogP contribution in [0.3, 0.4) is 0 Å². The highest BCUT2D eigenvalue weighted by Gasteiger charge is 2.19. The lowest BCUT2D eigenvalue weighted by Gasteiger charge is -2.20. The minimum atomic E-state index is -0.0370. The van der Waals surface area contributed by atoms with Crippen molar-refractivity contribution in [3.8, 4) is 0 Å². The van der Waals surface area contributed by atoms with Crippen LogP contribution in [0.15, 0.2) is 46.7 Å². The zero-order valence-electron chi connectivity index (χ0n) is 15.0. The monoisotopic (exact) mass is 403 g/mol. The molecule has 3 aromatic rings. The average Bonchev–Trinajstić information content (AvgIpc) is 3.28. The first kappa shape index (κ1) is 19.1. The van der Waals surface area contributed by atoms with Crippen molar-refractivity contribution in [1.82, 2.24) is 9.88 Å². The number of hydrogen-bond acceptors (Lipinski definition) is 6. The standard InChI is InChI=1S/C19H21N3OS3/c1-21(2)11-12-22(17(23)10-9-14-6-5-13-25-14)19-20-18-15(24-3)7-4-8-16(18)26-19/h4-10,13H,11-12H2,1-3H3. The lowest BCUT2D eigenvalue weighted by atomic mass is 10.3. The molecule has 26 heavy (non-hydrogen) atoms. The molecule has 1 aromatic carbocycles. The lowest BCUT2D eigenvalue weighted by Crippen LogP contribution is -2.35. The number of thiophene rings is 1. The van der Waals surface area contributed by atoms with Crippen LogP contribution in [-0.4, -0.2) is 49.2 Å². The summed E-state index contributed by atoms with van der Waals surface area (Å²) in [7, 11) is 4.02. The Morgan fingerprint density at radius 2 is 2.08 bits per heavy atom. The van der Waals surface area contributed by atoms with Gasteiger partial charge in [-0.15, -0.1) is 23.1 Å². The Bertz CT molecular complexity index is 900. The quantitative estimate of drug-likeness (QED) is 0.424. The fraction of sp³-hybridized carbons (Fsp3) is 0.263. The van der Waals surface area contributed by atoms with Crippen LogP contribution in [-0.2, 0) is 4.79 Å². The molecular weight excluding hydrogens is 382 g/mol. The largest absolute Gasteiger partial charge is 0.308 e. The Morgan fingerprint density at radius 1 is 1.23 bits per heavy atom. The Balaban J connectivity index is 1.91. The molecule has 0 aliphatic rings. The van der Waals surface area contributed by atoms with Crippen LogP contribution in [0.25, 0.3) is 16.3 Å². The minimum absolute atomic E-state index is 0.0370. The molecule has 0 unspecified atom stereocenters. The number of carbonyl (C=O) groups is 1. The number of aromatic nitrogens is 1. The summed E-state index contributed by atoms with van der Waals surface area (Å²) in [5.41, 5.74) is 0.977. The first-order valence-corrected chi connectivity index (χ1v) is 11.1. The molecule has 2 aromatic heterocycles. The number of para-hydroxylation sites is 1. The summed E-state index contributed by atoms with van der Waals surface area (Å²) in [6.07, 6.45) is 5.56. The van der Waals surface area contributed by atoms with E-state index >= 15 is 0 Å². The summed E-state index contributed by atoms with van der Waals surface area (Å²) < 4.78 is 1.11. The van der Waals surface area contributed by atoms with Gasteiger partial charge in [-0.05, 0) is 50.0 Å². The van der Waals surface area contributed by atoms with Crippen LogP contribution in [0.1, 0.15) is 4.88 Å². The Hall–Kier alpha value is -1.67. The van der Waals surface area contributed by atoms with Crippen LogP contribution in [0.4, 0.5) is 5.13 Å². The van der Waals surface area contributed by atoms with E-state index in [1.807, 2.05) is 50.0 Å². The third-order valence-corrected chi connectivity index (χ3v) is 6.44. The van der Waals surface area contributed by atoms with Crippen molar-refractivity contribution in [2.75, 3.05) is 38.3 Å². The van der Waals surface area contributed by atoms with Gasteiger partial charge in [0, 0.05) is 28.9 Å². The molecule has 2 heterocycles. The highest BCUT2D eigenvalue weighted by molar-refractivity contribution is 7.98. The number of nitrogens with zero attached hydrogens (tertiary/aromatic N) is 3. The average molecular weight is 404 g/mol. The smallest absolute Gasteiger partial charge is 0.252 e. The number of amides is 1. The van der Waals surface area contributed by atoms with Gasteiger partial charge in [0.25, 0.3) is 5.91 Å². The second kappa shape index (κ2) is 8.81. The van der Waals surface area contributed by atoms with Crippen molar-refractivity contribution in [2.24, 2.45) is 0 Å². The number of benzene rings is 1. The molecule has 1 amide bonds. The van der Waals surface area contributed by atoms with E-state index in [9.17, 15) is 4.79 Å². The molecule has 0 spiro atoms. The zero-order valence-corrected chi connectivity index (χ0v) is 17.5. The molecule has 0 aliphatic carbocycles. The van der Waals surface area contributed by atoms with E-state index in [0.717, 1.165) is 31.7 Å². The van der Waals surface area contributed by atoms with Gasteiger partial charge in [-0.2, -0.15) is 0 Å². The van der Waals surface area contributed by atoms with Gasteiger partial charge in [-0.25, -0.2) is 4.98 Å². The first-order valence-electron chi connectivity index (χ1n) is 8.20. The van der Waals surface area contributed by atoms with E-state index in [-0.39, 0.29) is 5.91 Å². The van der Waals surface area contributed by atoms with E-state index in [0.29, 0.717) is 6.54 Å². The van der Waals surface area contributed by atoms with Gasteiger partial charge in [0.2, 0.25) is 0 Å². The summed E-state index contributed by atoms with van der Waals surface area (Å²) in [5.74, 6) is -0.0370. The normalized spacial score (nSPS) is 11.7. The zero-order chi connectivity index (χ0) is 18.5. The van der Waals surface area contributed by atoms with Gasteiger partial charge >= 0.3 is 0 Å². The van der Waals surface area contributed by atoms with Gasteiger partial charge in [0.05, 0.1) is 10.2 Å². The van der Waals surface area contributed by atoms with Gasteiger partial charge in [0.15, 0.2) is 5.13 Å². The Kier molecular flexibility index (Phi) is 6.48. The topological polar surface area (TPSA) is 36.4 Å². The predicted molar refractivity (Wildman–Crippen MR) is 116 cm³/mol. The summed E-state index contributed by atoms with van der Waals surface area (Å²) in [6, 6.07) is 10.2. The van der Waals surface area contributed by atoms with Crippen molar-refractivity contribution < 1.29 is 4.79 Å². The number of anilines is 1. The molecule has 0 fully saturated rings. The van der Waals surface area contributed by atoms with Crippen molar-refractivity contribution >= 4 is 61.8 Å². The highest BCUT2D eigenvalue weighted by atomic mass is 32.2. The number of fused-ring (bicyclic) bond motifs is 1. The fourth-order valence-corrected chi connectivity index (χ4v) is 4.69. The maximum absolute atomic E-state index is 12.9. The number of thioether (sulfide) groups is 1. The van der Waals surface area contributed by atoms with Gasteiger partial charge in [0.1, 0.15) is 0 Å². The van der Waals surface area contributed by atoms with Crippen molar-refractivity contribution in [3.63, 3.8) is 0 Å². The third kappa shape index (κ3) is 4.54. The van der Waals surface area contributed by atoms with E-state index in [1.54, 1.807) is 45.4 Å². The Morgan fingerprint density at radius 3 is 2.77 bits per heavy atom. The molecule has 7 heteroatoms. The maximum Gasteiger partial charge on any atom is 0.252 e. The molecule has 0 aliphatic heterocycles. The van der Waals surface area contributed by atoms with E-state index in [4.69, 9.17) is 4.98 Å². The van der Waals surface area contributed by atoms with Gasteiger partial charge < -0.3 is 4.90 Å². The Labute approximate surface area is 166 Å². The lowest BCUT2D eigenvalue weighted by molar-refractivity contribution is -0.114. The number of hydrogen-bond donors (Lipinski definition) is 0. The highest BCUT2D eigenvalue weighted by Crippen LogP contribution is 2.34. The summed E-state index contributed by atoms with van der Waals surface area (Å²) in [5, 5.41) is 2.76. The summed E-state index contributed by atoms with van der Waals surface area (Å²) in [6.45, 7) is 1.39. The number of carbonyl (C=O) groups excluding carboxylic acids is 1. The van der Waals surface area contributed by atoms with Crippen molar-refractivity contribution in [3.05, 3.63) is 46.7 Å². The molecule has 0 bridgehead atoms. The number of thiazole rings is 1. The van der Waals surface area contributed by atoms with Crippen LogP contribution < -0.4 is 4.90 Å². The molecule has 0 saturated heterocycles. The van der Waals surface area contributed by atoms with E-state index in [1.165, 1.54) is 0 Å². The molecule has 0 radical (unpaired) electrons. The van der Waals surface area contributed by atoms with Gasteiger partial charge in [-0.1, -0.05) is 23.5 Å². The van der Waals surface area contributed by atoms with Crippen molar-refractivity contribution in [2.45, 2.75) is 4.90 Å². The minimum Gasteiger partial charge on any atom is -0.308 e. The van der Waals surface area contributed by atoms with Crippen LogP contribution in [0.2, 0.25) is 0 Å². The van der Waals surface area contributed by atoms with Crippen LogP contribution in [0.5, 0.6) is 0 Å². The maximum atomic E-state index is 12.9. The molecule has 136 valence electrons. The van der Waals surface area contributed by atoms with Crippen LogP contribution >= 0.6 is 34.4 Å². The second-order valence-corrected chi connectivity index (χ2v) is 8.78. The summed E-state index contributed by atoms with van der Waals surface area (Å²) in [4.78, 5) is 23.7.